The van der Waals surface area contributed by atoms with Crippen LogP contribution in [0.3, 0.4) is 0 Å². The maximum absolute atomic E-state index is 11.7. The number of unbranched alkanes of at least 4 members (excludes halogenated alkanes) is 12. The molecule has 0 spiro atoms. The SMILES string of the molecule is CCCCCCOCCCCCCOC(=O)CCC(=O)OCCCCCCOCCCCCC. The molecule has 0 saturated heterocycles. The Kier molecular flexibility index (Phi) is 27.2. The molecule has 0 radical (unpaired) electrons. The summed E-state index contributed by atoms with van der Waals surface area (Å²) in [7, 11) is 0. The van der Waals surface area contributed by atoms with Crippen LogP contribution in [0.4, 0.5) is 0 Å². The van der Waals surface area contributed by atoms with Crippen LogP contribution in [0.5, 0.6) is 0 Å². The van der Waals surface area contributed by atoms with E-state index in [1.807, 2.05) is 0 Å². The van der Waals surface area contributed by atoms with Gasteiger partial charge in [0.2, 0.25) is 0 Å². The summed E-state index contributed by atoms with van der Waals surface area (Å²) in [5, 5.41) is 0. The molecule has 0 aliphatic carbocycles. The van der Waals surface area contributed by atoms with E-state index < -0.39 is 0 Å². The summed E-state index contributed by atoms with van der Waals surface area (Å²) in [6.45, 7) is 8.66. The lowest BCUT2D eigenvalue weighted by Gasteiger charge is -2.07. The second kappa shape index (κ2) is 28.1. The quantitative estimate of drug-likeness (QED) is 0.0905. The first-order chi connectivity index (χ1) is 16.7. The number of carbonyl (C=O) groups is 2. The average Bonchev–Trinajstić information content (AvgIpc) is 2.84. The second-order valence-corrected chi connectivity index (χ2v) is 9.12. The van der Waals surface area contributed by atoms with Gasteiger partial charge in [-0.15, -0.1) is 0 Å². The number of esters is 2. The van der Waals surface area contributed by atoms with Crippen molar-refractivity contribution in [3.8, 4) is 0 Å². The Morgan fingerprint density at radius 1 is 0.412 bits per heavy atom. The average molecular weight is 487 g/mol. The molecule has 0 aromatic rings. The predicted molar refractivity (Wildman–Crippen MR) is 138 cm³/mol. The zero-order valence-corrected chi connectivity index (χ0v) is 22.4. The third kappa shape index (κ3) is 27.1. The molecule has 6 nitrogen and oxygen atoms in total. The molecule has 0 bridgehead atoms. The van der Waals surface area contributed by atoms with E-state index in [-0.39, 0.29) is 24.8 Å². The summed E-state index contributed by atoms with van der Waals surface area (Å²) in [5.41, 5.74) is 0. The summed E-state index contributed by atoms with van der Waals surface area (Å²) in [4.78, 5) is 23.5. The van der Waals surface area contributed by atoms with Crippen molar-refractivity contribution in [3.63, 3.8) is 0 Å². The minimum Gasteiger partial charge on any atom is -0.466 e. The van der Waals surface area contributed by atoms with E-state index in [0.29, 0.717) is 13.2 Å². The fraction of sp³-hybridized carbons (Fsp3) is 0.929. The summed E-state index contributed by atoms with van der Waals surface area (Å²) in [6.07, 6.45) is 18.2. The predicted octanol–water partition coefficient (Wildman–Crippen LogP) is 7.17. The van der Waals surface area contributed by atoms with E-state index in [0.717, 1.165) is 90.6 Å². The lowest BCUT2D eigenvalue weighted by molar-refractivity contribution is -0.150. The number of hydrogen-bond donors (Lipinski definition) is 0. The molecule has 0 heterocycles. The van der Waals surface area contributed by atoms with Gasteiger partial charge in [-0.05, 0) is 51.4 Å². The highest BCUT2D eigenvalue weighted by molar-refractivity contribution is 5.77. The maximum Gasteiger partial charge on any atom is 0.306 e. The van der Waals surface area contributed by atoms with E-state index in [9.17, 15) is 9.59 Å². The van der Waals surface area contributed by atoms with Gasteiger partial charge in [-0.2, -0.15) is 0 Å². The van der Waals surface area contributed by atoms with Gasteiger partial charge in [0.1, 0.15) is 0 Å². The molecule has 0 saturated carbocycles. The fourth-order valence-electron chi connectivity index (χ4n) is 3.51. The largest absolute Gasteiger partial charge is 0.466 e. The highest BCUT2D eigenvalue weighted by Crippen LogP contribution is 2.06. The molecule has 0 aliphatic heterocycles. The van der Waals surface area contributed by atoms with Gasteiger partial charge in [0.05, 0.1) is 26.1 Å². The summed E-state index contributed by atoms with van der Waals surface area (Å²) >= 11 is 0. The Balaban J connectivity index is 3.29. The molecule has 6 heteroatoms. The van der Waals surface area contributed by atoms with Crippen LogP contribution >= 0.6 is 0 Å². The van der Waals surface area contributed by atoms with Crippen LogP contribution in [0.1, 0.15) is 129 Å². The minimum atomic E-state index is -0.318. The van der Waals surface area contributed by atoms with Gasteiger partial charge in [0, 0.05) is 26.4 Å². The lowest BCUT2D eigenvalue weighted by Crippen LogP contribution is -2.11. The Morgan fingerprint density at radius 2 is 0.706 bits per heavy atom. The van der Waals surface area contributed by atoms with Gasteiger partial charge < -0.3 is 18.9 Å². The molecule has 0 amide bonds. The fourth-order valence-corrected chi connectivity index (χ4v) is 3.51. The Morgan fingerprint density at radius 3 is 1.03 bits per heavy atom. The third-order valence-electron chi connectivity index (χ3n) is 5.71. The monoisotopic (exact) mass is 486 g/mol. The Bertz CT molecular complexity index is 401. The molecule has 0 unspecified atom stereocenters. The van der Waals surface area contributed by atoms with E-state index >= 15 is 0 Å². The highest BCUT2D eigenvalue weighted by atomic mass is 16.5. The molecule has 0 aliphatic rings. The molecule has 0 aromatic carbocycles. The van der Waals surface area contributed by atoms with Crippen molar-refractivity contribution in [1.82, 2.24) is 0 Å². The Labute approximate surface area is 209 Å². The molecular formula is C28H54O6. The van der Waals surface area contributed by atoms with Gasteiger partial charge >= 0.3 is 11.9 Å². The van der Waals surface area contributed by atoms with E-state index in [1.165, 1.54) is 38.5 Å². The molecule has 0 aromatic heterocycles. The molecule has 0 atom stereocenters. The van der Waals surface area contributed by atoms with Gasteiger partial charge in [-0.1, -0.05) is 65.2 Å². The number of rotatable bonds is 27. The van der Waals surface area contributed by atoms with Crippen LogP contribution in [-0.4, -0.2) is 51.6 Å². The molecule has 0 N–H and O–H groups in total. The van der Waals surface area contributed by atoms with Crippen LogP contribution in [-0.2, 0) is 28.5 Å². The van der Waals surface area contributed by atoms with Gasteiger partial charge in [-0.25, -0.2) is 0 Å². The number of ether oxygens (including phenoxy) is 4. The zero-order valence-electron chi connectivity index (χ0n) is 22.4. The smallest absolute Gasteiger partial charge is 0.306 e. The number of hydrogen-bond acceptors (Lipinski definition) is 6. The van der Waals surface area contributed by atoms with Crippen molar-refractivity contribution >= 4 is 11.9 Å². The minimum absolute atomic E-state index is 0.0975. The van der Waals surface area contributed by atoms with E-state index in [1.54, 1.807) is 0 Å². The normalized spacial score (nSPS) is 11.0. The zero-order chi connectivity index (χ0) is 25.0. The van der Waals surface area contributed by atoms with Crippen molar-refractivity contribution in [3.05, 3.63) is 0 Å². The van der Waals surface area contributed by atoms with E-state index in [2.05, 4.69) is 13.8 Å². The lowest BCUT2D eigenvalue weighted by atomic mass is 10.2. The second-order valence-electron chi connectivity index (χ2n) is 9.12. The van der Waals surface area contributed by atoms with Crippen molar-refractivity contribution < 1.29 is 28.5 Å². The third-order valence-corrected chi connectivity index (χ3v) is 5.71. The van der Waals surface area contributed by atoms with Gasteiger partial charge in [0.25, 0.3) is 0 Å². The van der Waals surface area contributed by atoms with Crippen LogP contribution < -0.4 is 0 Å². The first-order valence-corrected chi connectivity index (χ1v) is 14.2. The number of carbonyl (C=O) groups excluding carboxylic acids is 2. The van der Waals surface area contributed by atoms with Gasteiger partial charge in [0.15, 0.2) is 0 Å². The van der Waals surface area contributed by atoms with Crippen LogP contribution in [0.2, 0.25) is 0 Å². The van der Waals surface area contributed by atoms with Crippen LogP contribution in [0.15, 0.2) is 0 Å². The summed E-state index contributed by atoms with van der Waals surface area (Å²) in [5.74, 6) is -0.635. The summed E-state index contributed by atoms with van der Waals surface area (Å²) < 4.78 is 21.6. The summed E-state index contributed by atoms with van der Waals surface area (Å²) in [6, 6.07) is 0. The topological polar surface area (TPSA) is 71.1 Å². The standard InChI is InChI=1S/C28H54O6/c1-3-5-7-13-21-31-23-15-9-11-17-25-33-27(29)19-20-28(30)34-26-18-12-10-16-24-32-22-14-8-6-4-2/h3-26H2,1-2H3. The van der Waals surface area contributed by atoms with Crippen molar-refractivity contribution in [2.45, 2.75) is 129 Å². The molecule has 202 valence electrons. The first-order valence-electron chi connectivity index (χ1n) is 14.2. The molecule has 0 fully saturated rings. The van der Waals surface area contributed by atoms with Crippen LogP contribution in [0.25, 0.3) is 0 Å². The molecule has 0 rings (SSSR count). The van der Waals surface area contributed by atoms with Gasteiger partial charge in [-0.3, -0.25) is 9.59 Å². The highest BCUT2D eigenvalue weighted by Gasteiger charge is 2.09. The van der Waals surface area contributed by atoms with Crippen molar-refractivity contribution in [2.75, 3.05) is 39.6 Å². The molecular weight excluding hydrogens is 432 g/mol. The van der Waals surface area contributed by atoms with Crippen molar-refractivity contribution in [1.29, 1.82) is 0 Å². The van der Waals surface area contributed by atoms with Crippen LogP contribution in [0, 0.1) is 0 Å². The van der Waals surface area contributed by atoms with E-state index in [4.69, 9.17) is 18.9 Å². The molecule has 34 heavy (non-hydrogen) atoms. The Hall–Kier alpha value is -1.14. The maximum atomic E-state index is 11.7. The van der Waals surface area contributed by atoms with Crippen molar-refractivity contribution in [2.24, 2.45) is 0 Å². The first kappa shape index (κ1) is 32.9.